The van der Waals surface area contributed by atoms with Crippen molar-refractivity contribution in [3.05, 3.63) is 16.1 Å². The molecule has 0 aliphatic heterocycles. The molecule has 2 N–H and O–H groups in total. The van der Waals surface area contributed by atoms with Crippen LogP contribution in [0.3, 0.4) is 0 Å². The number of aromatic nitrogens is 1. The number of nitrogens with zero attached hydrogens (tertiary/aromatic N) is 2. The van der Waals surface area contributed by atoms with E-state index < -0.39 is 11.9 Å². The first kappa shape index (κ1) is 18.4. The van der Waals surface area contributed by atoms with Crippen molar-refractivity contribution in [3.8, 4) is 0 Å². The van der Waals surface area contributed by atoms with E-state index in [0.717, 1.165) is 29.7 Å². The average Bonchev–Trinajstić information content (AvgIpc) is 2.78. The Labute approximate surface area is 130 Å². The van der Waals surface area contributed by atoms with Crippen LogP contribution in [0.25, 0.3) is 0 Å². The molecule has 0 spiro atoms. The molecule has 0 amide bonds. The van der Waals surface area contributed by atoms with Crippen molar-refractivity contribution in [2.45, 2.75) is 26.1 Å². The Balaban J connectivity index is 0.00000324. The Morgan fingerprint density at radius 1 is 1.42 bits per heavy atom. The molecule has 110 valence electrons. The fourth-order valence-electron chi connectivity index (χ4n) is 1.15. The van der Waals surface area contributed by atoms with E-state index in [9.17, 15) is 13.2 Å². The largest absolute Gasteiger partial charge is 0.434 e. The number of aliphatic imine (C=N–C) groups is 1. The van der Waals surface area contributed by atoms with Crippen molar-refractivity contribution in [2.75, 3.05) is 13.6 Å². The summed E-state index contributed by atoms with van der Waals surface area (Å²) < 4.78 is 37.0. The lowest BCUT2D eigenvalue weighted by molar-refractivity contribution is -0.140. The number of alkyl halides is 3. The molecule has 0 aliphatic carbocycles. The van der Waals surface area contributed by atoms with E-state index in [-0.39, 0.29) is 30.5 Å². The van der Waals surface area contributed by atoms with Crippen LogP contribution in [0.1, 0.15) is 24.0 Å². The molecule has 0 atom stereocenters. The fourth-order valence-corrected chi connectivity index (χ4v) is 1.89. The highest BCUT2D eigenvalue weighted by Gasteiger charge is 2.33. The number of thiazole rings is 1. The van der Waals surface area contributed by atoms with E-state index in [1.807, 2.05) is 6.92 Å². The van der Waals surface area contributed by atoms with Crippen LogP contribution < -0.4 is 10.6 Å². The van der Waals surface area contributed by atoms with Gasteiger partial charge in [-0.1, -0.05) is 6.92 Å². The van der Waals surface area contributed by atoms with Crippen molar-refractivity contribution in [1.82, 2.24) is 15.6 Å². The molecule has 0 aromatic carbocycles. The fraction of sp³-hybridized carbons (Fsp3) is 0.600. The van der Waals surface area contributed by atoms with Gasteiger partial charge in [-0.05, 0) is 6.42 Å². The van der Waals surface area contributed by atoms with Crippen molar-refractivity contribution >= 4 is 41.3 Å². The third-order valence-electron chi connectivity index (χ3n) is 2.02. The Bertz CT molecular complexity index is 406. The number of hydrogen-bond donors (Lipinski definition) is 2. The molecule has 0 unspecified atom stereocenters. The van der Waals surface area contributed by atoms with Gasteiger partial charge >= 0.3 is 6.18 Å². The minimum Gasteiger partial charge on any atom is -0.356 e. The molecule has 0 bridgehead atoms. The van der Waals surface area contributed by atoms with E-state index in [0.29, 0.717) is 11.0 Å². The van der Waals surface area contributed by atoms with Gasteiger partial charge in [0.25, 0.3) is 0 Å². The average molecular weight is 408 g/mol. The minimum atomic E-state index is -4.38. The second-order valence-corrected chi connectivity index (χ2v) is 4.42. The summed E-state index contributed by atoms with van der Waals surface area (Å²) in [5.74, 6) is 0.556. The van der Waals surface area contributed by atoms with Gasteiger partial charge in [-0.15, -0.1) is 35.3 Å². The minimum absolute atomic E-state index is 0. The molecular weight excluding hydrogens is 392 g/mol. The van der Waals surface area contributed by atoms with Crippen LogP contribution in [0.15, 0.2) is 10.4 Å². The summed E-state index contributed by atoms with van der Waals surface area (Å²) in [5.41, 5.74) is -0.846. The van der Waals surface area contributed by atoms with Crippen molar-refractivity contribution < 1.29 is 13.2 Å². The summed E-state index contributed by atoms with van der Waals surface area (Å²) in [5, 5.41) is 7.31. The molecule has 4 nitrogen and oxygen atoms in total. The Kier molecular flexibility index (Phi) is 8.30. The van der Waals surface area contributed by atoms with Crippen molar-refractivity contribution in [3.63, 3.8) is 0 Å². The molecule has 0 fully saturated rings. The second-order valence-electron chi connectivity index (χ2n) is 3.48. The lowest BCUT2D eigenvalue weighted by atomic mass is 10.5. The smallest absolute Gasteiger partial charge is 0.356 e. The summed E-state index contributed by atoms with van der Waals surface area (Å²) in [6.07, 6.45) is -3.44. The van der Waals surface area contributed by atoms with Gasteiger partial charge in [0.05, 0.1) is 6.54 Å². The zero-order chi connectivity index (χ0) is 13.6. The molecule has 1 heterocycles. The molecular formula is C10H16F3IN4S. The lowest BCUT2D eigenvalue weighted by Crippen LogP contribution is -2.37. The third kappa shape index (κ3) is 6.41. The van der Waals surface area contributed by atoms with Crippen LogP contribution in [0.2, 0.25) is 0 Å². The maximum atomic E-state index is 12.3. The highest BCUT2D eigenvalue weighted by Crippen LogP contribution is 2.29. The third-order valence-corrected chi connectivity index (χ3v) is 2.86. The van der Waals surface area contributed by atoms with E-state index in [2.05, 4.69) is 20.6 Å². The first-order valence-corrected chi connectivity index (χ1v) is 6.31. The highest BCUT2D eigenvalue weighted by molar-refractivity contribution is 14.0. The van der Waals surface area contributed by atoms with Crippen LogP contribution in [-0.2, 0) is 12.7 Å². The molecule has 0 saturated carbocycles. The maximum Gasteiger partial charge on any atom is 0.434 e. The topological polar surface area (TPSA) is 49.3 Å². The molecule has 1 aromatic heterocycles. The molecule has 1 rings (SSSR count). The summed E-state index contributed by atoms with van der Waals surface area (Å²) in [4.78, 5) is 7.46. The van der Waals surface area contributed by atoms with Crippen molar-refractivity contribution in [2.24, 2.45) is 4.99 Å². The van der Waals surface area contributed by atoms with Gasteiger partial charge in [0.15, 0.2) is 11.7 Å². The number of halogens is 4. The van der Waals surface area contributed by atoms with E-state index in [1.54, 1.807) is 7.05 Å². The molecule has 1 aromatic rings. The van der Waals surface area contributed by atoms with Gasteiger partial charge in [-0.3, -0.25) is 4.99 Å². The number of hydrogen-bond acceptors (Lipinski definition) is 3. The van der Waals surface area contributed by atoms with Crippen LogP contribution in [-0.4, -0.2) is 24.5 Å². The Morgan fingerprint density at radius 3 is 2.58 bits per heavy atom. The number of nitrogens with one attached hydrogen (secondary N) is 2. The van der Waals surface area contributed by atoms with Crippen molar-refractivity contribution in [1.29, 1.82) is 0 Å². The number of guanidine groups is 1. The molecule has 9 heteroatoms. The molecule has 0 aliphatic rings. The predicted octanol–water partition coefficient (Wildman–Crippen LogP) is 2.85. The van der Waals surface area contributed by atoms with Gasteiger partial charge in [0.1, 0.15) is 5.01 Å². The standard InChI is InChI=1S/C10H15F3N4S.HI/c1-3-4-15-9(14-2)16-5-8-17-7(6-18-8)10(11,12)13;/h6H,3-5H2,1-2H3,(H2,14,15,16);1H. The van der Waals surface area contributed by atoms with Gasteiger partial charge in [0.2, 0.25) is 0 Å². The van der Waals surface area contributed by atoms with Crippen LogP contribution >= 0.6 is 35.3 Å². The Hall–Kier alpha value is -0.580. The molecule has 0 radical (unpaired) electrons. The molecule has 19 heavy (non-hydrogen) atoms. The SMILES string of the molecule is CCCNC(=NC)NCc1nc(C(F)(F)F)cs1.I. The van der Waals surface area contributed by atoms with Gasteiger partial charge in [-0.2, -0.15) is 13.2 Å². The van der Waals surface area contributed by atoms with Crippen LogP contribution in [0.4, 0.5) is 13.2 Å². The first-order valence-electron chi connectivity index (χ1n) is 5.43. The summed E-state index contributed by atoms with van der Waals surface area (Å²) in [6.45, 7) is 2.99. The summed E-state index contributed by atoms with van der Waals surface area (Å²) in [6, 6.07) is 0. The first-order chi connectivity index (χ1) is 8.47. The van der Waals surface area contributed by atoms with Crippen LogP contribution in [0.5, 0.6) is 0 Å². The predicted molar refractivity (Wildman–Crippen MR) is 81.0 cm³/mol. The Morgan fingerprint density at radius 2 is 2.11 bits per heavy atom. The zero-order valence-electron chi connectivity index (χ0n) is 10.5. The van der Waals surface area contributed by atoms with E-state index >= 15 is 0 Å². The van der Waals surface area contributed by atoms with Gasteiger partial charge in [0, 0.05) is 19.0 Å². The van der Waals surface area contributed by atoms with E-state index in [4.69, 9.17) is 0 Å². The zero-order valence-corrected chi connectivity index (χ0v) is 13.7. The van der Waals surface area contributed by atoms with Gasteiger partial charge in [-0.25, -0.2) is 4.98 Å². The number of rotatable bonds is 4. The van der Waals surface area contributed by atoms with Crippen LogP contribution in [0, 0.1) is 0 Å². The second kappa shape index (κ2) is 8.56. The summed E-state index contributed by atoms with van der Waals surface area (Å²) in [7, 11) is 1.61. The lowest BCUT2D eigenvalue weighted by Gasteiger charge is -2.09. The highest BCUT2D eigenvalue weighted by atomic mass is 127. The molecule has 0 saturated heterocycles. The normalized spacial score (nSPS) is 11.9. The quantitative estimate of drug-likeness (QED) is 0.458. The maximum absolute atomic E-state index is 12.3. The summed E-state index contributed by atoms with van der Waals surface area (Å²) >= 11 is 0.976. The van der Waals surface area contributed by atoms with Gasteiger partial charge < -0.3 is 10.6 Å². The monoisotopic (exact) mass is 408 g/mol. The van der Waals surface area contributed by atoms with E-state index in [1.165, 1.54) is 0 Å².